The summed E-state index contributed by atoms with van der Waals surface area (Å²) in [6, 6.07) is 6.16. The zero-order valence-corrected chi connectivity index (χ0v) is 14.8. The number of hydrogen-bond donors (Lipinski definition) is 3. The van der Waals surface area contributed by atoms with Crippen LogP contribution in [0, 0.1) is 0 Å². The van der Waals surface area contributed by atoms with Gasteiger partial charge in [0.1, 0.15) is 0 Å². The summed E-state index contributed by atoms with van der Waals surface area (Å²) in [4.78, 5) is 25.0. The maximum Gasteiger partial charge on any atom is 0.335 e. The van der Waals surface area contributed by atoms with E-state index in [9.17, 15) is 23.1 Å². The molecule has 1 saturated heterocycles. The third-order valence-electron chi connectivity index (χ3n) is 4.13. The molecule has 1 amide bonds. The fourth-order valence-electron chi connectivity index (χ4n) is 2.69. The van der Waals surface area contributed by atoms with Crippen molar-refractivity contribution in [3.8, 4) is 0 Å². The molecule has 1 aliphatic rings. The fraction of sp³-hybridized carbons (Fsp3) is 0.500. The molecular formula is C16H22N2O6S. The summed E-state index contributed by atoms with van der Waals surface area (Å²) >= 11 is 0. The first-order valence-corrected chi connectivity index (χ1v) is 9.68. The van der Waals surface area contributed by atoms with Gasteiger partial charge in [-0.1, -0.05) is 13.0 Å². The predicted octanol–water partition coefficient (Wildman–Crippen LogP) is 0.890. The van der Waals surface area contributed by atoms with Crippen LogP contribution in [0.25, 0.3) is 0 Å². The number of aliphatic carboxylic acids is 1. The van der Waals surface area contributed by atoms with Crippen LogP contribution in [0.15, 0.2) is 24.3 Å². The molecule has 0 saturated carbocycles. The number of piperidine rings is 1. The number of carboxylic acid groups (broad SMARTS) is 1. The Morgan fingerprint density at radius 2 is 1.92 bits per heavy atom. The van der Waals surface area contributed by atoms with Crippen molar-refractivity contribution in [2.24, 2.45) is 0 Å². The van der Waals surface area contributed by atoms with E-state index in [2.05, 4.69) is 4.72 Å². The first kappa shape index (κ1) is 19.2. The molecule has 138 valence electrons. The highest BCUT2D eigenvalue weighted by atomic mass is 32.2. The number of benzene rings is 1. The molecule has 9 heteroatoms. The number of aliphatic hydroxyl groups is 1. The normalized spacial score (nSPS) is 17.1. The Morgan fingerprint density at radius 3 is 2.48 bits per heavy atom. The largest absolute Gasteiger partial charge is 0.479 e. The van der Waals surface area contributed by atoms with E-state index in [0.29, 0.717) is 17.7 Å². The lowest BCUT2D eigenvalue weighted by Crippen LogP contribution is -2.50. The summed E-state index contributed by atoms with van der Waals surface area (Å²) in [6.45, 7) is 1.99. The average molecular weight is 370 g/mol. The molecule has 0 aliphatic carbocycles. The lowest BCUT2D eigenvalue weighted by Gasteiger charge is -2.35. The first-order valence-electron chi connectivity index (χ1n) is 8.02. The van der Waals surface area contributed by atoms with Gasteiger partial charge >= 0.3 is 5.97 Å². The van der Waals surface area contributed by atoms with Gasteiger partial charge in [-0.2, -0.15) is 0 Å². The highest BCUT2D eigenvalue weighted by Gasteiger charge is 2.40. The van der Waals surface area contributed by atoms with Crippen molar-refractivity contribution < 1.29 is 28.2 Å². The number of anilines is 1. The molecule has 1 heterocycles. The number of nitrogens with one attached hydrogen (secondary N) is 1. The van der Waals surface area contributed by atoms with Crippen molar-refractivity contribution >= 4 is 27.6 Å². The van der Waals surface area contributed by atoms with Gasteiger partial charge < -0.3 is 15.1 Å². The van der Waals surface area contributed by atoms with E-state index in [1.165, 1.54) is 11.0 Å². The Kier molecular flexibility index (Phi) is 5.69. The second-order valence-electron chi connectivity index (χ2n) is 6.13. The minimum absolute atomic E-state index is 0.00886. The molecule has 3 N–H and O–H groups in total. The fourth-order valence-corrected chi connectivity index (χ4v) is 3.82. The second-order valence-corrected chi connectivity index (χ2v) is 7.97. The zero-order valence-electron chi connectivity index (χ0n) is 13.9. The lowest BCUT2D eigenvalue weighted by molar-refractivity contribution is -0.162. The van der Waals surface area contributed by atoms with E-state index in [0.717, 1.165) is 0 Å². The third-order valence-corrected chi connectivity index (χ3v) is 5.62. The first-order chi connectivity index (χ1) is 11.7. The molecule has 1 aromatic carbocycles. The lowest BCUT2D eigenvalue weighted by atomic mass is 9.91. The van der Waals surface area contributed by atoms with Crippen LogP contribution in [0.1, 0.15) is 36.5 Å². The van der Waals surface area contributed by atoms with Crippen molar-refractivity contribution in [3.05, 3.63) is 29.8 Å². The minimum atomic E-state index is -3.45. The van der Waals surface area contributed by atoms with Crippen LogP contribution >= 0.6 is 0 Å². The monoisotopic (exact) mass is 370 g/mol. The molecule has 1 aromatic rings. The number of nitrogens with zero attached hydrogens (tertiary/aromatic N) is 1. The van der Waals surface area contributed by atoms with E-state index in [-0.39, 0.29) is 37.6 Å². The number of carbonyl (C=O) groups excluding carboxylic acids is 1. The Morgan fingerprint density at radius 1 is 1.28 bits per heavy atom. The number of likely N-dealkylation sites (tertiary alicyclic amines) is 1. The maximum atomic E-state index is 12.5. The zero-order chi connectivity index (χ0) is 18.7. The van der Waals surface area contributed by atoms with Crippen molar-refractivity contribution in [2.45, 2.75) is 31.8 Å². The standard InChI is InChI=1S/C16H22N2O6S/c1-2-10-25(23,24)17-13-5-3-4-12(11-13)14(19)18-8-6-16(22,7-9-18)15(20)21/h3-5,11,17,22H,2,6-10H2,1H3,(H,20,21). The van der Waals surface area contributed by atoms with Crippen molar-refractivity contribution in [1.29, 1.82) is 0 Å². The number of carbonyl (C=O) groups is 2. The van der Waals surface area contributed by atoms with Crippen LogP contribution < -0.4 is 4.72 Å². The summed E-state index contributed by atoms with van der Waals surface area (Å²) in [5.74, 6) is -1.62. The van der Waals surface area contributed by atoms with Gasteiger partial charge in [0.25, 0.3) is 5.91 Å². The van der Waals surface area contributed by atoms with E-state index in [1.807, 2.05) is 0 Å². The van der Waals surface area contributed by atoms with Crippen LogP contribution in [0.4, 0.5) is 5.69 Å². The van der Waals surface area contributed by atoms with E-state index >= 15 is 0 Å². The highest BCUT2D eigenvalue weighted by molar-refractivity contribution is 7.92. The van der Waals surface area contributed by atoms with Gasteiger partial charge in [-0.15, -0.1) is 0 Å². The molecule has 25 heavy (non-hydrogen) atoms. The summed E-state index contributed by atoms with van der Waals surface area (Å²) in [5, 5.41) is 18.9. The second kappa shape index (κ2) is 7.40. The molecule has 0 bridgehead atoms. The van der Waals surface area contributed by atoms with Crippen molar-refractivity contribution in [3.63, 3.8) is 0 Å². The van der Waals surface area contributed by atoms with Gasteiger partial charge in [0, 0.05) is 37.2 Å². The smallest absolute Gasteiger partial charge is 0.335 e. The summed E-state index contributed by atoms with van der Waals surface area (Å²) < 4.78 is 26.1. The third kappa shape index (κ3) is 4.70. The molecule has 0 spiro atoms. The van der Waals surface area contributed by atoms with Gasteiger partial charge in [-0.25, -0.2) is 13.2 Å². The highest BCUT2D eigenvalue weighted by Crippen LogP contribution is 2.24. The quantitative estimate of drug-likeness (QED) is 0.683. The Labute approximate surface area is 146 Å². The predicted molar refractivity (Wildman–Crippen MR) is 91.9 cm³/mol. The van der Waals surface area contributed by atoms with Crippen LogP contribution in [0.3, 0.4) is 0 Å². The minimum Gasteiger partial charge on any atom is -0.479 e. The van der Waals surface area contributed by atoms with Crippen molar-refractivity contribution in [2.75, 3.05) is 23.6 Å². The van der Waals surface area contributed by atoms with E-state index in [4.69, 9.17) is 5.11 Å². The SMILES string of the molecule is CCCS(=O)(=O)Nc1cccc(C(=O)N2CCC(O)(C(=O)O)CC2)c1. The van der Waals surface area contributed by atoms with Crippen LogP contribution in [-0.4, -0.2) is 59.9 Å². The van der Waals surface area contributed by atoms with Gasteiger partial charge in [0.15, 0.2) is 5.60 Å². The number of rotatable bonds is 6. The van der Waals surface area contributed by atoms with Gasteiger partial charge in [-0.3, -0.25) is 9.52 Å². The summed E-state index contributed by atoms with van der Waals surface area (Å²) in [7, 11) is -3.45. The number of amides is 1. The Hall–Kier alpha value is -2.13. The topological polar surface area (TPSA) is 124 Å². The molecule has 8 nitrogen and oxygen atoms in total. The van der Waals surface area contributed by atoms with Crippen LogP contribution in [0.2, 0.25) is 0 Å². The van der Waals surface area contributed by atoms with Crippen LogP contribution in [0.5, 0.6) is 0 Å². The molecule has 0 aromatic heterocycles. The average Bonchev–Trinajstić information content (AvgIpc) is 2.54. The molecule has 1 fully saturated rings. The number of hydrogen-bond acceptors (Lipinski definition) is 5. The Balaban J connectivity index is 2.08. The Bertz CT molecular complexity index is 754. The molecule has 2 rings (SSSR count). The van der Waals surface area contributed by atoms with Crippen molar-refractivity contribution in [1.82, 2.24) is 4.90 Å². The molecular weight excluding hydrogens is 348 g/mol. The molecule has 0 radical (unpaired) electrons. The molecule has 0 unspecified atom stereocenters. The maximum absolute atomic E-state index is 12.5. The van der Waals surface area contributed by atoms with Gasteiger partial charge in [0.2, 0.25) is 10.0 Å². The molecule has 1 aliphatic heterocycles. The van der Waals surface area contributed by atoms with Crippen LogP contribution in [-0.2, 0) is 14.8 Å². The number of sulfonamides is 1. The number of carboxylic acids is 1. The van der Waals surface area contributed by atoms with E-state index in [1.54, 1.807) is 25.1 Å². The van der Waals surface area contributed by atoms with Gasteiger partial charge in [-0.05, 0) is 24.6 Å². The molecule has 0 atom stereocenters. The van der Waals surface area contributed by atoms with E-state index < -0.39 is 21.6 Å². The summed E-state index contributed by atoms with van der Waals surface area (Å²) in [5.41, 5.74) is -1.19. The summed E-state index contributed by atoms with van der Waals surface area (Å²) in [6.07, 6.45) is 0.391. The van der Waals surface area contributed by atoms with Gasteiger partial charge in [0.05, 0.1) is 5.75 Å².